The Morgan fingerprint density at radius 3 is 2.65 bits per heavy atom. The fourth-order valence-electron chi connectivity index (χ4n) is 2.37. The standard InChI is InChI=1S/C16H12ClN3O3/c1-20-8-18-13-7-9(6-11(14(13)20)16(22)23)19-15(21)10-4-2-3-5-12(10)17/h2-8H,1H3,(H,19,21)(H,22,23). The minimum atomic E-state index is -1.09. The quantitative estimate of drug-likeness (QED) is 0.773. The van der Waals surface area contributed by atoms with Crippen molar-refractivity contribution in [3.63, 3.8) is 0 Å². The summed E-state index contributed by atoms with van der Waals surface area (Å²) in [6, 6.07) is 9.65. The summed E-state index contributed by atoms with van der Waals surface area (Å²) in [4.78, 5) is 27.9. The molecule has 23 heavy (non-hydrogen) atoms. The molecule has 2 N–H and O–H groups in total. The number of nitrogens with one attached hydrogen (secondary N) is 1. The van der Waals surface area contributed by atoms with E-state index in [-0.39, 0.29) is 5.56 Å². The number of nitrogens with zero attached hydrogens (tertiary/aromatic N) is 2. The van der Waals surface area contributed by atoms with E-state index in [1.165, 1.54) is 12.4 Å². The van der Waals surface area contributed by atoms with Crippen LogP contribution < -0.4 is 5.32 Å². The number of aromatic carboxylic acids is 1. The molecule has 0 bridgehead atoms. The van der Waals surface area contributed by atoms with Crippen molar-refractivity contribution >= 4 is 40.2 Å². The van der Waals surface area contributed by atoms with E-state index in [2.05, 4.69) is 10.3 Å². The molecule has 0 spiro atoms. The Kier molecular flexibility index (Phi) is 3.75. The number of aryl methyl sites for hydroxylation is 1. The van der Waals surface area contributed by atoms with Crippen molar-refractivity contribution in [3.05, 3.63) is 58.9 Å². The first-order valence-electron chi connectivity index (χ1n) is 6.71. The van der Waals surface area contributed by atoms with Crippen molar-refractivity contribution in [2.45, 2.75) is 0 Å². The van der Waals surface area contributed by atoms with Crippen LogP contribution in [0.15, 0.2) is 42.7 Å². The van der Waals surface area contributed by atoms with Gasteiger partial charge in [-0.3, -0.25) is 4.79 Å². The van der Waals surface area contributed by atoms with Crippen LogP contribution in [0.5, 0.6) is 0 Å². The van der Waals surface area contributed by atoms with Crippen LogP contribution in [-0.4, -0.2) is 26.5 Å². The van der Waals surface area contributed by atoms with Crippen LogP contribution in [0.2, 0.25) is 5.02 Å². The van der Waals surface area contributed by atoms with Crippen LogP contribution in [0.1, 0.15) is 20.7 Å². The Balaban J connectivity index is 2.02. The highest BCUT2D eigenvalue weighted by molar-refractivity contribution is 6.34. The molecule has 1 amide bonds. The van der Waals surface area contributed by atoms with Gasteiger partial charge in [-0.1, -0.05) is 23.7 Å². The first-order chi connectivity index (χ1) is 11.0. The minimum Gasteiger partial charge on any atom is -0.478 e. The maximum Gasteiger partial charge on any atom is 0.337 e. The summed E-state index contributed by atoms with van der Waals surface area (Å²) in [5.41, 5.74) is 1.71. The number of aromatic nitrogens is 2. The van der Waals surface area contributed by atoms with Crippen LogP contribution in [0, 0.1) is 0 Å². The van der Waals surface area contributed by atoms with E-state index in [9.17, 15) is 14.7 Å². The fraction of sp³-hybridized carbons (Fsp3) is 0.0625. The van der Waals surface area contributed by atoms with Crippen molar-refractivity contribution < 1.29 is 14.7 Å². The smallest absolute Gasteiger partial charge is 0.337 e. The molecule has 0 aliphatic heterocycles. The lowest BCUT2D eigenvalue weighted by atomic mass is 10.1. The van der Waals surface area contributed by atoms with Crippen LogP contribution >= 0.6 is 11.6 Å². The normalized spacial score (nSPS) is 10.7. The fourth-order valence-corrected chi connectivity index (χ4v) is 2.60. The second-order valence-electron chi connectivity index (χ2n) is 4.99. The Hall–Kier alpha value is -2.86. The zero-order valence-corrected chi connectivity index (χ0v) is 12.8. The van der Waals surface area contributed by atoms with Gasteiger partial charge in [0.1, 0.15) is 0 Å². The highest BCUT2D eigenvalue weighted by Gasteiger charge is 2.16. The molecule has 3 rings (SSSR count). The van der Waals surface area contributed by atoms with Gasteiger partial charge < -0.3 is 15.0 Å². The summed E-state index contributed by atoms with van der Waals surface area (Å²) < 4.78 is 1.62. The van der Waals surface area contributed by atoms with Gasteiger partial charge >= 0.3 is 5.97 Å². The third-order valence-electron chi connectivity index (χ3n) is 3.42. The summed E-state index contributed by atoms with van der Waals surface area (Å²) in [7, 11) is 1.71. The van der Waals surface area contributed by atoms with E-state index >= 15 is 0 Å². The maximum absolute atomic E-state index is 12.3. The molecule has 0 atom stereocenters. The lowest BCUT2D eigenvalue weighted by Gasteiger charge is -2.09. The van der Waals surface area contributed by atoms with Crippen molar-refractivity contribution in [3.8, 4) is 0 Å². The van der Waals surface area contributed by atoms with E-state index in [4.69, 9.17) is 11.6 Å². The number of imidazole rings is 1. The van der Waals surface area contributed by atoms with E-state index < -0.39 is 11.9 Å². The van der Waals surface area contributed by atoms with E-state index in [0.29, 0.717) is 27.3 Å². The second kappa shape index (κ2) is 5.73. The van der Waals surface area contributed by atoms with Crippen LogP contribution in [-0.2, 0) is 7.05 Å². The highest BCUT2D eigenvalue weighted by Crippen LogP contribution is 2.24. The van der Waals surface area contributed by atoms with Crippen molar-refractivity contribution in [2.24, 2.45) is 7.05 Å². The third-order valence-corrected chi connectivity index (χ3v) is 3.75. The van der Waals surface area contributed by atoms with Gasteiger partial charge in [0.15, 0.2) is 0 Å². The van der Waals surface area contributed by atoms with Crippen molar-refractivity contribution in [2.75, 3.05) is 5.32 Å². The molecule has 7 heteroatoms. The first-order valence-corrected chi connectivity index (χ1v) is 7.09. The Morgan fingerprint density at radius 2 is 1.96 bits per heavy atom. The number of hydrogen-bond acceptors (Lipinski definition) is 3. The number of anilines is 1. The van der Waals surface area contributed by atoms with Gasteiger partial charge in [-0.05, 0) is 24.3 Å². The van der Waals surface area contributed by atoms with E-state index in [1.54, 1.807) is 41.9 Å². The molecule has 0 fully saturated rings. The number of rotatable bonds is 3. The second-order valence-corrected chi connectivity index (χ2v) is 5.39. The molecule has 1 aromatic heterocycles. The molecule has 0 saturated carbocycles. The van der Waals surface area contributed by atoms with Gasteiger partial charge in [0.05, 0.1) is 33.5 Å². The lowest BCUT2D eigenvalue weighted by molar-refractivity contribution is 0.0698. The number of carboxylic acid groups (broad SMARTS) is 1. The first kappa shape index (κ1) is 15.1. The molecule has 1 heterocycles. The number of halogens is 1. The van der Waals surface area contributed by atoms with Gasteiger partial charge in [-0.2, -0.15) is 0 Å². The summed E-state index contributed by atoms with van der Waals surface area (Å²) in [6.45, 7) is 0. The van der Waals surface area contributed by atoms with E-state index in [1.807, 2.05) is 0 Å². The largest absolute Gasteiger partial charge is 0.478 e. The molecule has 116 valence electrons. The van der Waals surface area contributed by atoms with Crippen LogP contribution in [0.4, 0.5) is 5.69 Å². The number of carboxylic acids is 1. The molecule has 0 unspecified atom stereocenters. The summed E-state index contributed by atoms with van der Waals surface area (Å²) in [6.07, 6.45) is 1.52. The topological polar surface area (TPSA) is 84.2 Å². The summed E-state index contributed by atoms with van der Waals surface area (Å²) in [5.74, 6) is -1.50. The molecule has 3 aromatic rings. The lowest BCUT2D eigenvalue weighted by Crippen LogP contribution is -2.13. The third kappa shape index (κ3) is 2.76. The van der Waals surface area contributed by atoms with Gasteiger partial charge in [0, 0.05) is 12.7 Å². The number of hydrogen-bond donors (Lipinski definition) is 2. The number of amides is 1. The maximum atomic E-state index is 12.3. The monoisotopic (exact) mass is 329 g/mol. The van der Waals surface area contributed by atoms with Crippen molar-refractivity contribution in [1.82, 2.24) is 9.55 Å². The average Bonchev–Trinajstić information content (AvgIpc) is 2.88. The zero-order chi connectivity index (χ0) is 16.6. The van der Waals surface area contributed by atoms with E-state index in [0.717, 1.165) is 0 Å². The molecular weight excluding hydrogens is 318 g/mol. The average molecular weight is 330 g/mol. The molecular formula is C16H12ClN3O3. The molecule has 0 aliphatic carbocycles. The molecule has 6 nitrogen and oxygen atoms in total. The van der Waals surface area contributed by atoms with Gasteiger partial charge in [-0.15, -0.1) is 0 Å². The number of carbonyl (C=O) groups excluding carboxylic acids is 1. The number of benzene rings is 2. The predicted octanol–water partition coefficient (Wildman–Crippen LogP) is 3.18. The number of fused-ring (bicyclic) bond motifs is 1. The molecule has 0 saturated heterocycles. The Labute approximate surface area is 136 Å². The summed E-state index contributed by atoms with van der Waals surface area (Å²) >= 11 is 5.99. The SMILES string of the molecule is Cn1cnc2cc(NC(=O)c3ccccc3Cl)cc(C(=O)O)c21. The van der Waals surface area contributed by atoms with Gasteiger partial charge in [0.25, 0.3) is 5.91 Å². The van der Waals surface area contributed by atoms with Crippen LogP contribution in [0.25, 0.3) is 11.0 Å². The van der Waals surface area contributed by atoms with Gasteiger partial charge in [-0.25, -0.2) is 9.78 Å². The molecule has 0 radical (unpaired) electrons. The molecule has 0 aliphatic rings. The Morgan fingerprint density at radius 1 is 1.22 bits per heavy atom. The highest BCUT2D eigenvalue weighted by atomic mass is 35.5. The minimum absolute atomic E-state index is 0.0666. The van der Waals surface area contributed by atoms with Crippen molar-refractivity contribution in [1.29, 1.82) is 0 Å². The van der Waals surface area contributed by atoms with Gasteiger partial charge in [0.2, 0.25) is 0 Å². The molecule has 2 aromatic carbocycles. The Bertz CT molecular complexity index is 933. The zero-order valence-electron chi connectivity index (χ0n) is 12.1. The number of carbonyl (C=O) groups is 2. The predicted molar refractivity (Wildman–Crippen MR) is 87.1 cm³/mol. The summed E-state index contributed by atoms with van der Waals surface area (Å²) in [5, 5.41) is 12.4. The van der Waals surface area contributed by atoms with Crippen LogP contribution in [0.3, 0.4) is 0 Å².